The van der Waals surface area contributed by atoms with Gasteiger partial charge in [-0.3, -0.25) is 4.79 Å². The monoisotopic (exact) mass is 353 g/mol. The molecular formula is C22H27NO3. The molecule has 3 rings (SSSR count). The molecule has 1 heterocycles. The first kappa shape index (κ1) is 18.3. The number of hydrogen-bond donors (Lipinski definition) is 0. The quantitative estimate of drug-likeness (QED) is 0.480. The fraction of sp³-hybridized carbons (Fsp3) is 0.409. The Hall–Kier alpha value is -2.49. The van der Waals surface area contributed by atoms with Crippen molar-refractivity contribution in [2.75, 3.05) is 18.1 Å². The number of esters is 1. The van der Waals surface area contributed by atoms with Crippen LogP contribution in [-0.2, 0) is 9.53 Å². The fourth-order valence-corrected chi connectivity index (χ4v) is 3.25. The number of fused-ring (bicyclic) bond motifs is 2. The van der Waals surface area contributed by atoms with E-state index in [2.05, 4.69) is 35.4 Å². The second-order valence-corrected chi connectivity index (χ2v) is 6.55. The fourth-order valence-electron chi connectivity index (χ4n) is 3.25. The Labute approximate surface area is 155 Å². The van der Waals surface area contributed by atoms with Crippen LogP contribution in [0.15, 0.2) is 60.0 Å². The van der Waals surface area contributed by atoms with E-state index in [-0.39, 0.29) is 5.97 Å². The highest BCUT2D eigenvalue weighted by Crippen LogP contribution is 2.36. The van der Waals surface area contributed by atoms with Crippen molar-refractivity contribution < 1.29 is 14.3 Å². The third-order valence-corrected chi connectivity index (χ3v) is 4.58. The smallest absolute Gasteiger partial charge is 0.305 e. The lowest BCUT2D eigenvalue weighted by molar-refractivity contribution is -0.143. The Morgan fingerprint density at radius 1 is 1.19 bits per heavy atom. The molecule has 26 heavy (non-hydrogen) atoms. The molecule has 0 spiro atoms. The van der Waals surface area contributed by atoms with Crippen LogP contribution in [0.5, 0.6) is 5.75 Å². The number of anilines is 1. The molecule has 4 heteroatoms. The van der Waals surface area contributed by atoms with E-state index in [1.807, 2.05) is 25.1 Å². The summed E-state index contributed by atoms with van der Waals surface area (Å²) in [6.07, 6.45) is 14.0. The Morgan fingerprint density at radius 2 is 2.04 bits per heavy atom. The van der Waals surface area contributed by atoms with Gasteiger partial charge in [0.1, 0.15) is 5.76 Å². The van der Waals surface area contributed by atoms with Gasteiger partial charge in [0.05, 0.1) is 12.3 Å². The van der Waals surface area contributed by atoms with Gasteiger partial charge in [-0.15, -0.1) is 0 Å². The molecule has 0 unspecified atom stereocenters. The van der Waals surface area contributed by atoms with Crippen LogP contribution >= 0.6 is 0 Å². The van der Waals surface area contributed by atoms with Gasteiger partial charge in [0, 0.05) is 24.7 Å². The molecule has 1 aromatic rings. The molecule has 138 valence electrons. The van der Waals surface area contributed by atoms with Crippen LogP contribution in [0.1, 0.15) is 45.4 Å². The molecule has 0 radical (unpaired) electrons. The van der Waals surface area contributed by atoms with E-state index in [4.69, 9.17) is 9.47 Å². The van der Waals surface area contributed by atoms with E-state index >= 15 is 0 Å². The lowest BCUT2D eigenvalue weighted by atomic mass is 10.1. The van der Waals surface area contributed by atoms with E-state index in [9.17, 15) is 4.79 Å². The van der Waals surface area contributed by atoms with E-state index in [1.54, 1.807) is 0 Å². The van der Waals surface area contributed by atoms with Crippen molar-refractivity contribution in [1.29, 1.82) is 0 Å². The van der Waals surface area contributed by atoms with Crippen molar-refractivity contribution in [3.63, 3.8) is 0 Å². The Bertz CT molecular complexity index is 718. The number of allylic oxidation sites excluding steroid dienone is 4. The number of rotatable bonds is 8. The zero-order valence-electron chi connectivity index (χ0n) is 15.4. The van der Waals surface area contributed by atoms with Crippen LogP contribution in [-0.4, -0.2) is 19.1 Å². The van der Waals surface area contributed by atoms with Gasteiger partial charge in [-0.1, -0.05) is 37.1 Å². The molecule has 1 aromatic carbocycles. The summed E-state index contributed by atoms with van der Waals surface area (Å²) in [6.45, 7) is 3.26. The molecule has 0 amide bonds. The summed E-state index contributed by atoms with van der Waals surface area (Å²) < 4.78 is 11.1. The van der Waals surface area contributed by atoms with E-state index < -0.39 is 0 Å². The second-order valence-electron chi connectivity index (χ2n) is 6.55. The molecule has 2 aliphatic rings. The van der Waals surface area contributed by atoms with Crippen LogP contribution in [0.25, 0.3) is 0 Å². The number of ether oxygens (including phenoxy) is 2. The molecule has 4 nitrogen and oxygen atoms in total. The Morgan fingerprint density at radius 3 is 2.92 bits per heavy atom. The first-order chi connectivity index (χ1) is 12.8. The first-order valence-corrected chi connectivity index (χ1v) is 9.55. The molecule has 1 aliphatic carbocycles. The lowest BCUT2D eigenvalue weighted by Gasteiger charge is -2.21. The third kappa shape index (κ3) is 4.78. The summed E-state index contributed by atoms with van der Waals surface area (Å²) in [5.74, 6) is 1.76. The second kappa shape index (κ2) is 9.27. The predicted octanol–water partition coefficient (Wildman–Crippen LogP) is 5.13. The average Bonchev–Trinajstić information content (AvgIpc) is 2.81. The molecule has 0 N–H and O–H groups in total. The van der Waals surface area contributed by atoms with Crippen LogP contribution in [0.4, 0.5) is 5.69 Å². The number of unbranched alkanes of at least 4 members (excludes halogenated alkanes) is 3. The van der Waals surface area contributed by atoms with E-state index in [0.717, 1.165) is 55.8 Å². The highest BCUT2D eigenvalue weighted by Gasteiger charge is 2.20. The van der Waals surface area contributed by atoms with E-state index in [1.165, 1.54) is 5.57 Å². The summed E-state index contributed by atoms with van der Waals surface area (Å²) in [6, 6.07) is 8.20. The molecule has 0 saturated heterocycles. The largest absolute Gasteiger partial charge is 0.466 e. The lowest BCUT2D eigenvalue weighted by Crippen LogP contribution is -2.17. The Kier molecular flexibility index (Phi) is 6.53. The van der Waals surface area contributed by atoms with Crippen LogP contribution in [0.2, 0.25) is 0 Å². The average molecular weight is 353 g/mol. The number of para-hydroxylation sites is 2. The minimum Gasteiger partial charge on any atom is -0.466 e. The van der Waals surface area contributed by atoms with Crippen LogP contribution in [0.3, 0.4) is 0 Å². The first-order valence-electron chi connectivity index (χ1n) is 9.55. The third-order valence-electron chi connectivity index (χ3n) is 4.58. The van der Waals surface area contributed by atoms with Gasteiger partial charge in [-0.25, -0.2) is 0 Å². The summed E-state index contributed by atoms with van der Waals surface area (Å²) in [5, 5.41) is 0. The van der Waals surface area contributed by atoms with Gasteiger partial charge < -0.3 is 14.4 Å². The molecule has 0 aromatic heterocycles. The van der Waals surface area contributed by atoms with Gasteiger partial charge in [0.15, 0.2) is 5.75 Å². The van der Waals surface area contributed by atoms with Crippen molar-refractivity contribution in [3.8, 4) is 5.75 Å². The van der Waals surface area contributed by atoms with Gasteiger partial charge >= 0.3 is 5.97 Å². The minimum absolute atomic E-state index is 0.0829. The number of carbonyl (C=O) groups is 1. The van der Waals surface area contributed by atoms with Crippen molar-refractivity contribution in [1.82, 2.24) is 0 Å². The van der Waals surface area contributed by atoms with Gasteiger partial charge in [0.25, 0.3) is 0 Å². The topological polar surface area (TPSA) is 38.8 Å². The number of benzene rings is 1. The SMILES string of the molecule is CCOC(=O)CCCCCCN1C=C2CC=CC=C2Oc2ccccc21. The molecule has 0 saturated carbocycles. The van der Waals surface area contributed by atoms with Gasteiger partial charge in [-0.2, -0.15) is 0 Å². The summed E-state index contributed by atoms with van der Waals surface area (Å²) in [5.41, 5.74) is 2.33. The molecule has 0 bridgehead atoms. The minimum atomic E-state index is -0.0829. The standard InChI is InChI=1S/C22H27NO3/c1-2-25-22(24)15-5-3-4-10-16-23-17-18-11-6-8-13-20(18)26-21-14-9-7-12-19(21)23/h6-9,12-14,17H,2-5,10-11,15-16H2,1H3. The highest BCUT2D eigenvalue weighted by molar-refractivity contribution is 5.69. The molecule has 1 aliphatic heterocycles. The summed E-state index contributed by atoms with van der Waals surface area (Å²) in [4.78, 5) is 13.7. The predicted molar refractivity (Wildman–Crippen MR) is 104 cm³/mol. The number of nitrogens with zero attached hydrogens (tertiary/aromatic N) is 1. The normalized spacial score (nSPS) is 15.2. The number of hydrogen-bond acceptors (Lipinski definition) is 4. The van der Waals surface area contributed by atoms with E-state index in [0.29, 0.717) is 13.0 Å². The number of carbonyl (C=O) groups excluding carboxylic acids is 1. The van der Waals surface area contributed by atoms with Crippen molar-refractivity contribution in [3.05, 3.63) is 60.0 Å². The van der Waals surface area contributed by atoms with Crippen molar-refractivity contribution >= 4 is 11.7 Å². The van der Waals surface area contributed by atoms with Crippen molar-refractivity contribution in [2.24, 2.45) is 0 Å². The summed E-state index contributed by atoms with van der Waals surface area (Å²) >= 11 is 0. The Balaban J connectivity index is 1.55. The van der Waals surface area contributed by atoms with Gasteiger partial charge in [0.2, 0.25) is 0 Å². The molecule has 0 atom stereocenters. The maximum atomic E-state index is 11.4. The summed E-state index contributed by atoms with van der Waals surface area (Å²) in [7, 11) is 0. The van der Waals surface area contributed by atoms with Crippen LogP contribution < -0.4 is 9.64 Å². The van der Waals surface area contributed by atoms with Crippen LogP contribution in [0, 0.1) is 0 Å². The zero-order chi connectivity index (χ0) is 18.2. The van der Waals surface area contributed by atoms with Crippen molar-refractivity contribution in [2.45, 2.75) is 45.4 Å². The zero-order valence-corrected chi connectivity index (χ0v) is 15.4. The highest BCUT2D eigenvalue weighted by atomic mass is 16.5. The molecule has 0 fully saturated rings. The molecular weight excluding hydrogens is 326 g/mol. The van der Waals surface area contributed by atoms with Gasteiger partial charge in [-0.05, 0) is 44.4 Å². The maximum absolute atomic E-state index is 11.4. The maximum Gasteiger partial charge on any atom is 0.305 e.